The average Bonchev–Trinajstić information content (AvgIpc) is 2.93. The Labute approximate surface area is 124 Å². The van der Waals surface area contributed by atoms with Crippen LogP contribution in [0.3, 0.4) is 0 Å². The Balaban J connectivity index is 2.10. The maximum Gasteiger partial charge on any atom is 0.189 e. The number of hydrogen-bond acceptors (Lipinski definition) is 5. The fraction of sp³-hybridized carbons (Fsp3) is 0.400. The van der Waals surface area contributed by atoms with Crippen molar-refractivity contribution >= 4 is 22.2 Å². The van der Waals surface area contributed by atoms with Crippen LogP contribution in [-0.2, 0) is 6.54 Å². The summed E-state index contributed by atoms with van der Waals surface area (Å²) in [4.78, 5) is 7.80. The number of benzene rings is 1. The van der Waals surface area contributed by atoms with Gasteiger partial charge in [0.25, 0.3) is 0 Å². The summed E-state index contributed by atoms with van der Waals surface area (Å²) in [5.41, 5.74) is 1.07. The van der Waals surface area contributed by atoms with Crippen molar-refractivity contribution < 1.29 is 4.74 Å². The zero-order valence-electron chi connectivity index (χ0n) is 12.4. The van der Waals surface area contributed by atoms with Gasteiger partial charge >= 0.3 is 0 Å². The highest BCUT2D eigenvalue weighted by molar-refractivity contribution is 7.15. The summed E-state index contributed by atoms with van der Waals surface area (Å²) in [5.74, 6) is 0.854. The number of aromatic nitrogens is 1. The van der Waals surface area contributed by atoms with Crippen LogP contribution in [0.4, 0.5) is 10.8 Å². The van der Waals surface area contributed by atoms with Gasteiger partial charge in [0, 0.05) is 42.5 Å². The molecule has 20 heavy (non-hydrogen) atoms. The third-order valence-corrected chi connectivity index (χ3v) is 4.03. The molecule has 4 nitrogen and oxygen atoms in total. The number of thiazole rings is 1. The number of ether oxygens (including phenoxy) is 1. The van der Waals surface area contributed by atoms with Crippen LogP contribution in [0.15, 0.2) is 30.5 Å². The van der Waals surface area contributed by atoms with E-state index in [9.17, 15) is 0 Å². The highest BCUT2D eigenvalue weighted by Crippen LogP contribution is 2.29. The number of nitrogens with one attached hydrogen (secondary N) is 1. The molecule has 1 N–H and O–H groups in total. The van der Waals surface area contributed by atoms with Crippen LogP contribution in [0.2, 0.25) is 0 Å². The highest BCUT2D eigenvalue weighted by atomic mass is 32.1. The largest absolute Gasteiger partial charge is 0.497 e. The second-order valence-corrected chi connectivity index (χ2v) is 6.00. The Morgan fingerprint density at radius 2 is 2.20 bits per heavy atom. The number of anilines is 2. The summed E-state index contributed by atoms with van der Waals surface area (Å²) >= 11 is 1.70. The third-order valence-electron chi connectivity index (χ3n) is 2.95. The van der Waals surface area contributed by atoms with Gasteiger partial charge in [0.15, 0.2) is 5.13 Å². The van der Waals surface area contributed by atoms with Crippen molar-refractivity contribution in [2.45, 2.75) is 26.4 Å². The van der Waals surface area contributed by atoms with Gasteiger partial charge in [-0.25, -0.2) is 4.98 Å². The Bertz CT molecular complexity index is 554. The van der Waals surface area contributed by atoms with E-state index in [0.29, 0.717) is 6.04 Å². The van der Waals surface area contributed by atoms with Gasteiger partial charge < -0.3 is 15.0 Å². The molecule has 0 amide bonds. The molecule has 2 rings (SSSR count). The lowest BCUT2D eigenvalue weighted by atomic mass is 10.3. The Morgan fingerprint density at radius 3 is 2.90 bits per heavy atom. The van der Waals surface area contributed by atoms with Crippen LogP contribution in [-0.4, -0.2) is 25.2 Å². The first-order chi connectivity index (χ1) is 9.60. The molecule has 0 fully saturated rings. The molecule has 1 aromatic carbocycles. The van der Waals surface area contributed by atoms with Gasteiger partial charge in [0.1, 0.15) is 5.75 Å². The van der Waals surface area contributed by atoms with E-state index in [-0.39, 0.29) is 0 Å². The summed E-state index contributed by atoms with van der Waals surface area (Å²) in [6.07, 6.45) is 1.94. The van der Waals surface area contributed by atoms with E-state index >= 15 is 0 Å². The van der Waals surface area contributed by atoms with Crippen LogP contribution in [0.25, 0.3) is 0 Å². The molecule has 0 bridgehead atoms. The molecule has 0 saturated carbocycles. The molecule has 0 atom stereocenters. The van der Waals surface area contributed by atoms with Gasteiger partial charge in [-0.1, -0.05) is 19.9 Å². The molecule has 0 aliphatic carbocycles. The number of methoxy groups -OCH3 is 1. The number of nitrogens with zero attached hydrogens (tertiary/aromatic N) is 2. The second-order valence-electron chi connectivity index (χ2n) is 4.91. The second kappa shape index (κ2) is 6.72. The molecule has 2 aromatic rings. The molecule has 108 valence electrons. The quantitative estimate of drug-likeness (QED) is 0.885. The van der Waals surface area contributed by atoms with Crippen molar-refractivity contribution in [3.8, 4) is 5.75 Å². The normalized spacial score (nSPS) is 10.8. The molecular formula is C15H21N3OS. The van der Waals surface area contributed by atoms with E-state index in [1.165, 1.54) is 4.88 Å². The maximum atomic E-state index is 5.26. The van der Waals surface area contributed by atoms with Gasteiger partial charge in [-0.2, -0.15) is 0 Å². The molecule has 0 unspecified atom stereocenters. The van der Waals surface area contributed by atoms with Crippen molar-refractivity contribution in [1.82, 2.24) is 10.3 Å². The lowest BCUT2D eigenvalue weighted by Crippen LogP contribution is -2.21. The molecule has 0 radical (unpaired) electrons. The Morgan fingerprint density at radius 1 is 1.40 bits per heavy atom. The van der Waals surface area contributed by atoms with Gasteiger partial charge in [-0.3, -0.25) is 0 Å². The zero-order chi connectivity index (χ0) is 14.5. The van der Waals surface area contributed by atoms with E-state index in [0.717, 1.165) is 23.1 Å². The Kier molecular flexibility index (Phi) is 4.98. The third kappa shape index (κ3) is 3.71. The van der Waals surface area contributed by atoms with Gasteiger partial charge in [-0.15, -0.1) is 11.3 Å². The molecule has 0 aliphatic heterocycles. The van der Waals surface area contributed by atoms with Crippen LogP contribution in [0, 0.1) is 0 Å². The van der Waals surface area contributed by atoms with E-state index < -0.39 is 0 Å². The van der Waals surface area contributed by atoms with E-state index in [2.05, 4.69) is 35.1 Å². The molecule has 0 saturated heterocycles. The summed E-state index contributed by atoms with van der Waals surface area (Å²) < 4.78 is 5.26. The monoisotopic (exact) mass is 291 g/mol. The predicted octanol–water partition coefficient (Wildman–Crippen LogP) is 3.42. The number of rotatable bonds is 6. The van der Waals surface area contributed by atoms with Gasteiger partial charge in [-0.05, 0) is 12.1 Å². The van der Waals surface area contributed by atoms with E-state index in [4.69, 9.17) is 4.74 Å². The predicted molar refractivity (Wildman–Crippen MR) is 85.1 cm³/mol. The minimum Gasteiger partial charge on any atom is -0.497 e. The molecule has 0 spiro atoms. The summed E-state index contributed by atoms with van der Waals surface area (Å²) in [5, 5.41) is 4.39. The molecule has 1 aromatic heterocycles. The van der Waals surface area contributed by atoms with Crippen LogP contribution in [0.1, 0.15) is 18.7 Å². The van der Waals surface area contributed by atoms with Gasteiger partial charge in [0.05, 0.1) is 7.11 Å². The minimum atomic E-state index is 0.483. The van der Waals surface area contributed by atoms with Gasteiger partial charge in [0.2, 0.25) is 0 Å². The fourth-order valence-corrected chi connectivity index (χ4v) is 2.61. The highest BCUT2D eigenvalue weighted by Gasteiger charge is 2.10. The first-order valence-corrected chi connectivity index (χ1v) is 7.47. The van der Waals surface area contributed by atoms with Crippen molar-refractivity contribution in [3.63, 3.8) is 0 Å². The summed E-state index contributed by atoms with van der Waals surface area (Å²) in [7, 11) is 3.70. The summed E-state index contributed by atoms with van der Waals surface area (Å²) in [6.45, 7) is 5.15. The standard InChI is InChI=1S/C15H21N3OS/c1-11(2)16-9-14-10-17-15(20-14)18(3)12-6-5-7-13(8-12)19-4/h5-8,10-11,16H,9H2,1-4H3. The summed E-state index contributed by atoms with van der Waals surface area (Å²) in [6, 6.07) is 8.47. The molecular weight excluding hydrogens is 270 g/mol. The lowest BCUT2D eigenvalue weighted by molar-refractivity contribution is 0.415. The van der Waals surface area contributed by atoms with Crippen LogP contribution >= 0.6 is 11.3 Å². The van der Waals surface area contributed by atoms with E-state index in [1.807, 2.05) is 31.4 Å². The molecule has 0 aliphatic rings. The number of hydrogen-bond donors (Lipinski definition) is 1. The Hall–Kier alpha value is -1.59. The average molecular weight is 291 g/mol. The van der Waals surface area contributed by atoms with Crippen LogP contribution in [0.5, 0.6) is 5.75 Å². The first kappa shape index (κ1) is 14.8. The van der Waals surface area contributed by atoms with Crippen molar-refractivity contribution in [2.24, 2.45) is 0 Å². The fourth-order valence-electron chi connectivity index (χ4n) is 1.77. The smallest absolute Gasteiger partial charge is 0.189 e. The first-order valence-electron chi connectivity index (χ1n) is 6.66. The van der Waals surface area contributed by atoms with Crippen LogP contribution < -0.4 is 15.0 Å². The SMILES string of the molecule is COc1cccc(N(C)c2ncc(CNC(C)C)s2)c1. The van der Waals surface area contributed by atoms with Crippen molar-refractivity contribution in [2.75, 3.05) is 19.1 Å². The lowest BCUT2D eigenvalue weighted by Gasteiger charge is -2.16. The minimum absolute atomic E-state index is 0.483. The zero-order valence-corrected chi connectivity index (χ0v) is 13.2. The van der Waals surface area contributed by atoms with E-state index in [1.54, 1.807) is 18.4 Å². The molecule has 5 heteroatoms. The molecule has 1 heterocycles. The maximum absolute atomic E-state index is 5.26. The van der Waals surface area contributed by atoms with Crippen molar-refractivity contribution in [3.05, 3.63) is 35.3 Å². The topological polar surface area (TPSA) is 37.4 Å². The van der Waals surface area contributed by atoms with Crippen molar-refractivity contribution in [1.29, 1.82) is 0 Å².